The van der Waals surface area contributed by atoms with Gasteiger partial charge in [0.15, 0.2) is 0 Å². The predicted molar refractivity (Wildman–Crippen MR) is 81.7 cm³/mol. The van der Waals surface area contributed by atoms with Gasteiger partial charge in [-0.1, -0.05) is 13.8 Å². The van der Waals surface area contributed by atoms with E-state index in [1.165, 1.54) is 16.9 Å². The number of nitrogens with zero attached hydrogens (tertiary/aromatic N) is 1. The molecule has 0 aromatic carbocycles. The minimum atomic E-state index is -0.794. The fourth-order valence-electron chi connectivity index (χ4n) is 3.42. The van der Waals surface area contributed by atoms with Crippen molar-refractivity contribution < 1.29 is 14.7 Å². The SMILES string of the molecule is CC1CCc2sc(C(=O)N3CC(C)C(C(=O)O)C3)cc2C1. The topological polar surface area (TPSA) is 57.6 Å². The van der Waals surface area contributed by atoms with Crippen molar-refractivity contribution in [2.24, 2.45) is 17.8 Å². The molecule has 4 nitrogen and oxygen atoms in total. The first kappa shape index (κ1) is 14.6. The number of fused-ring (bicyclic) bond motifs is 1. The number of carboxylic acids is 1. The first-order valence-electron chi connectivity index (χ1n) is 7.59. The lowest BCUT2D eigenvalue weighted by molar-refractivity contribution is -0.142. The van der Waals surface area contributed by atoms with Crippen molar-refractivity contribution in [1.82, 2.24) is 4.90 Å². The van der Waals surface area contributed by atoms with Crippen LogP contribution in [-0.4, -0.2) is 35.0 Å². The van der Waals surface area contributed by atoms with Crippen LogP contribution in [-0.2, 0) is 17.6 Å². The molecular formula is C16H21NO3S. The van der Waals surface area contributed by atoms with E-state index in [9.17, 15) is 14.7 Å². The molecular weight excluding hydrogens is 286 g/mol. The molecule has 5 heteroatoms. The molecule has 2 aliphatic rings. The van der Waals surface area contributed by atoms with Crippen LogP contribution in [0.4, 0.5) is 0 Å². The zero-order valence-corrected chi connectivity index (χ0v) is 13.3. The monoisotopic (exact) mass is 307 g/mol. The molecule has 1 amide bonds. The number of hydrogen-bond donors (Lipinski definition) is 1. The summed E-state index contributed by atoms with van der Waals surface area (Å²) >= 11 is 1.60. The zero-order valence-electron chi connectivity index (χ0n) is 12.5. The van der Waals surface area contributed by atoms with Crippen LogP contribution in [0.15, 0.2) is 6.07 Å². The van der Waals surface area contributed by atoms with Crippen molar-refractivity contribution in [1.29, 1.82) is 0 Å². The lowest BCUT2D eigenvalue weighted by atomic mass is 9.90. The highest BCUT2D eigenvalue weighted by atomic mass is 32.1. The van der Waals surface area contributed by atoms with E-state index in [0.29, 0.717) is 19.0 Å². The molecule has 3 unspecified atom stereocenters. The van der Waals surface area contributed by atoms with Gasteiger partial charge in [-0.25, -0.2) is 0 Å². The summed E-state index contributed by atoms with van der Waals surface area (Å²) in [6.07, 6.45) is 3.33. The molecule has 1 fully saturated rings. The van der Waals surface area contributed by atoms with Gasteiger partial charge in [-0.2, -0.15) is 0 Å². The van der Waals surface area contributed by atoms with Gasteiger partial charge in [-0.15, -0.1) is 11.3 Å². The van der Waals surface area contributed by atoms with Gasteiger partial charge in [0.05, 0.1) is 10.8 Å². The first-order valence-corrected chi connectivity index (χ1v) is 8.41. The average molecular weight is 307 g/mol. The number of carboxylic acid groups (broad SMARTS) is 1. The molecule has 0 radical (unpaired) electrons. The molecule has 3 atom stereocenters. The number of carbonyl (C=O) groups excluding carboxylic acids is 1. The van der Waals surface area contributed by atoms with E-state index >= 15 is 0 Å². The largest absolute Gasteiger partial charge is 0.481 e. The summed E-state index contributed by atoms with van der Waals surface area (Å²) in [5.41, 5.74) is 1.32. The van der Waals surface area contributed by atoms with Crippen LogP contribution in [0.1, 0.15) is 40.4 Å². The van der Waals surface area contributed by atoms with Gasteiger partial charge in [0.2, 0.25) is 0 Å². The van der Waals surface area contributed by atoms with Gasteiger partial charge in [-0.05, 0) is 42.7 Å². The number of likely N-dealkylation sites (tertiary alicyclic amines) is 1. The Bertz CT molecular complexity index is 580. The van der Waals surface area contributed by atoms with Gasteiger partial charge in [0.1, 0.15) is 0 Å². The molecule has 1 saturated heterocycles. The standard InChI is InChI=1S/C16H21NO3S/c1-9-3-4-13-11(5-9)6-14(21-13)15(18)17-7-10(2)12(8-17)16(19)20/h6,9-10,12H,3-5,7-8H2,1-2H3,(H,19,20). The predicted octanol–water partition coefficient (Wildman–Crippen LogP) is 2.67. The molecule has 1 N–H and O–H groups in total. The van der Waals surface area contributed by atoms with E-state index in [0.717, 1.165) is 17.7 Å². The summed E-state index contributed by atoms with van der Waals surface area (Å²) < 4.78 is 0. The number of amides is 1. The molecule has 2 heterocycles. The Balaban J connectivity index is 1.76. The molecule has 1 aliphatic heterocycles. The molecule has 1 aromatic heterocycles. The number of rotatable bonds is 2. The fraction of sp³-hybridized carbons (Fsp3) is 0.625. The third-order valence-corrected chi connectivity index (χ3v) is 5.98. The first-order chi connectivity index (χ1) is 9.95. The van der Waals surface area contributed by atoms with Crippen molar-refractivity contribution in [2.45, 2.75) is 33.1 Å². The highest BCUT2D eigenvalue weighted by Gasteiger charge is 2.37. The summed E-state index contributed by atoms with van der Waals surface area (Å²) in [4.78, 5) is 27.6. The van der Waals surface area contributed by atoms with E-state index < -0.39 is 11.9 Å². The summed E-state index contributed by atoms with van der Waals surface area (Å²) in [6.45, 7) is 5.05. The Morgan fingerprint density at radius 3 is 2.76 bits per heavy atom. The van der Waals surface area contributed by atoms with Crippen LogP contribution >= 0.6 is 11.3 Å². The maximum absolute atomic E-state index is 12.6. The molecule has 1 aromatic rings. The van der Waals surface area contributed by atoms with Crippen LogP contribution in [0.25, 0.3) is 0 Å². The Morgan fingerprint density at radius 2 is 2.10 bits per heavy atom. The second-order valence-corrected chi connectivity index (χ2v) is 7.68. The minimum Gasteiger partial charge on any atom is -0.481 e. The number of aliphatic carboxylic acids is 1. The minimum absolute atomic E-state index is 0.0117. The second-order valence-electron chi connectivity index (χ2n) is 6.54. The number of thiophene rings is 1. The highest BCUT2D eigenvalue weighted by Crippen LogP contribution is 2.34. The lowest BCUT2D eigenvalue weighted by Crippen LogP contribution is -2.29. The average Bonchev–Trinajstić information content (AvgIpc) is 3.00. The van der Waals surface area contributed by atoms with Crippen LogP contribution < -0.4 is 0 Å². The number of hydrogen-bond acceptors (Lipinski definition) is 3. The second kappa shape index (κ2) is 5.44. The molecule has 0 saturated carbocycles. The van der Waals surface area contributed by atoms with E-state index in [4.69, 9.17) is 0 Å². The summed E-state index contributed by atoms with van der Waals surface area (Å²) in [7, 11) is 0. The molecule has 114 valence electrons. The Labute approximate surface area is 128 Å². The summed E-state index contributed by atoms with van der Waals surface area (Å²) in [5, 5.41) is 9.18. The van der Waals surface area contributed by atoms with Crippen molar-refractivity contribution in [3.05, 3.63) is 21.4 Å². The van der Waals surface area contributed by atoms with Crippen LogP contribution in [0.5, 0.6) is 0 Å². The van der Waals surface area contributed by atoms with Gasteiger partial charge in [0, 0.05) is 18.0 Å². The van der Waals surface area contributed by atoms with E-state index in [-0.39, 0.29) is 11.8 Å². The van der Waals surface area contributed by atoms with Gasteiger partial charge in [0.25, 0.3) is 5.91 Å². The molecule has 3 rings (SSSR count). The van der Waals surface area contributed by atoms with E-state index in [1.807, 2.05) is 13.0 Å². The Hall–Kier alpha value is -1.36. The maximum Gasteiger partial charge on any atom is 0.308 e. The van der Waals surface area contributed by atoms with E-state index in [1.54, 1.807) is 16.2 Å². The van der Waals surface area contributed by atoms with Crippen LogP contribution in [0, 0.1) is 17.8 Å². The van der Waals surface area contributed by atoms with Gasteiger partial charge >= 0.3 is 5.97 Å². The normalized spacial score (nSPS) is 28.5. The Kier molecular flexibility index (Phi) is 3.78. The quantitative estimate of drug-likeness (QED) is 0.914. The zero-order chi connectivity index (χ0) is 15.1. The Morgan fingerprint density at radius 1 is 1.33 bits per heavy atom. The third-order valence-electron chi connectivity index (χ3n) is 4.76. The van der Waals surface area contributed by atoms with Crippen molar-refractivity contribution in [3.8, 4) is 0 Å². The van der Waals surface area contributed by atoms with Crippen LogP contribution in [0.3, 0.4) is 0 Å². The van der Waals surface area contributed by atoms with E-state index in [2.05, 4.69) is 6.92 Å². The fourth-order valence-corrected chi connectivity index (χ4v) is 4.60. The van der Waals surface area contributed by atoms with Crippen LogP contribution in [0.2, 0.25) is 0 Å². The van der Waals surface area contributed by atoms with Gasteiger partial charge < -0.3 is 10.0 Å². The molecule has 21 heavy (non-hydrogen) atoms. The maximum atomic E-state index is 12.6. The van der Waals surface area contributed by atoms with Crippen molar-refractivity contribution in [3.63, 3.8) is 0 Å². The lowest BCUT2D eigenvalue weighted by Gasteiger charge is -2.16. The molecule has 0 bridgehead atoms. The summed E-state index contributed by atoms with van der Waals surface area (Å²) in [6, 6.07) is 2.04. The highest BCUT2D eigenvalue weighted by molar-refractivity contribution is 7.14. The number of carbonyl (C=O) groups is 2. The molecule has 0 spiro atoms. The summed E-state index contributed by atoms with van der Waals surface area (Å²) in [5.74, 6) is -0.488. The van der Waals surface area contributed by atoms with Crippen molar-refractivity contribution in [2.75, 3.05) is 13.1 Å². The molecule has 1 aliphatic carbocycles. The van der Waals surface area contributed by atoms with Gasteiger partial charge in [-0.3, -0.25) is 9.59 Å². The van der Waals surface area contributed by atoms with Crippen molar-refractivity contribution >= 4 is 23.2 Å². The third kappa shape index (κ3) is 2.71. The number of aryl methyl sites for hydroxylation is 1. The smallest absolute Gasteiger partial charge is 0.308 e.